The van der Waals surface area contributed by atoms with Crippen LogP contribution in [0.1, 0.15) is 33.6 Å². The van der Waals surface area contributed by atoms with E-state index in [4.69, 9.17) is 4.74 Å². The van der Waals surface area contributed by atoms with Crippen LogP contribution in [0.25, 0.3) is 0 Å². The van der Waals surface area contributed by atoms with Gasteiger partial charge in [0.25, 0.3) is 0 Å². The van der Waals surface area contributed by atoms with Crippen LogP contribution < -0.4 is 15.0 Å². The number of piperazine rings is 1. The third-order valence-electron chi connectivity index (χ3n) is 4.29. The Labute approximate surface area is 127 Å². The molecule has 2 atom stereocenters. The minimum Gasteiger partial charge on any atom is -0.494 e. The summed E-state index contributed by atoms with van der Waals surface area (Å²) >= 11 is 0. The zero-order valence-electron chi connectivity index (χ0n) is 13.5. The van der Waals surface area contributed by atoms with Gasteiger partial charge in [-0.05, 0) is 24.5 Å². The van der Waals surface area contributed by atoms with E-state index in [0.717, 1.165) is 25.2 Å². The first-order valence-electron chi connectivity index (χ1n) is 7.90. The van der Waals surface area contributed by atoms with Gasteiger partial charge in [0.1, 0.15) is 11.6 Å². The molecule has 2 rings (SSSR count). The van der Waals surface area contributed by atoms with Gasteiger partial charge in [-0.1, -0.05) is 27.2 Å². The zero-order chi connectivity index (χ0) is 15.4. The Kier molecular flexibility index (Phi) is 5.45. The molecule has 1 fully saturated rings. The lowest BCUT2D eigenvalue weighted by Crippen LogP contribution is -2.58. The van der Waals surface area contributed by atoms with Gasteiger partial charge in [-0.2, -0.15) is 0 Å². The summed E-state index contributed by atoms with van der Waals surface area (Å²) in [4.78, 5) is 2.39. The second-order valence-corrected chi connectivity index (χ2v) is 6.17. The standard InChI is InChI=1S/C17H27FN2O/c1-5-6-14-11-20(16(10-19-14)12(2)3)15-8-7-13(18)9-17(15)21-4/h7-9,12,14,16,19H,5-6,10-11H2,1-4H3. The maximum Gasteiger partial charge on any atom is 0.145 e. The highest BCUT2D eigenvalue weighted by Crippen LogP contribution is 2.33. The SMILES string of the molecule is CCCC1CN(c2ccc(F)cc2OC)C(C(C)C)CN1. The summed E-state index contributed by atoms with van der Waals surface area (Å²) in [5.74, 6) is 0.893. The maximum absolute atomic E-state index is 13.4. The smallest absolute Gasteiger partial charge is 0.145 e. The Morgan fingerprint density at radius 3 is 2.81 bits per heavy atom. The van der Waals surface area contributed by atoms with E-state index in [1.807, 2.05) is 6.07 Å². The minimum absolute atomic E-state index is 0.253. The van der Waals surface area contributed by atoms with Crippen molar-refractivity contribution in [2.45, 2.75) is 45.7 Å². The van der Waals surface area contributed by atoms with E-state index in [9.17, 15) is 4.39 Å². The molecule has 0 aliphatic carbocycles. The zero-order valence-corrected chi connectivity index (χ0v) is 13.5. The molecule has 3 nitrogen and oxygen atoms in total. The molecule has 0 radical (unpaired) electrons. The first kappa shape index (κ1) is 16.1. The normalized spacial score (nSPS) is 22.7. The fourth-order valence-corrected chi connectivity index (χ4v) is 3.14. The minimum atomic E-state index is -0.253. The highest BCUT2D eigenvalue weighted by Gasteiger charge is 2.31. The molecule has 0 aromatic heterocycles. The van der Waals surface area contributed by atoms with Crippen molar-refractivity contribution in [2.24, 2.45) is 5.92 Å². The highest BCUT2D eigenvalue weighted by molar-refractivity contribution is 5.60. The van der Waals surface area contributed by atoms with E-state index < -0.39 is 0 Å². The van der Waals surface area contributed by atoms with E-state index in [2.05, 4.69) is 31.0 Å². The summed E-state index contributed by atoms with van der Waals surface area (Å²) in [5.41, 5.74) is 1.00. The average Bonchev–Trinajstić information content (AvgIpc) is 2.47. The Hall–Kier alpha value is -1.29. The van der Waals surface area contributed by atoms with E-state index in [1.54, 1.807) is 7.11 Å². The lowest BCUT2D eigenvalue weighted by atomic mass is 9.96. The molecule has 1 saturated heterocycles. The Morgan fingerprint density at radius 2 is 2.19 bits per heavy atom. The molecule has 2 unspecified atom stereocenters. The van der Waals surface area contributed by atoms with Crippen LogP contribution in [0.3, 0.4) is 0 Å². The van der Waals surface area contributed by atoms with Crippen molar-refractivity contribution in [1.82, 2.24) is 5.32 Å². The quantitative estimate of drug-likeness (QED) is 0.900. The summed E-state index contributed by atoms with van der Waals surface area (Å²) in [6, 6.07) is 5.73. The summed E-state index contributed by atoms with van der Waals surface area (Å²) in [6.07, 6.45) is 2.32. The number of nitrogens with zero attached hydrogens (tertiary/aromatic N) is 1. The number of rotatable bonds is 5. The van der Waals surface area contributed by atoms with Crippen molar-refractivity contribution in [1.29, 1.82) is 0 Å². The van der Waals surface area contributed by atoms with Crippen molar-refractivity contribution in [3.8, 4) is 5.75 Å². The summed E-state index contributed by atoms with van der Waals surface area (Å²) in [5, 5.41) is 3.64. The van der Waals surface area contributed by atoms with Crippen LogP contribution in [0, 0.1) is 11.7 Å². The molecule has 1 aliphatic heterocycles. The van der Waals surface area contributed by atoms with E-state index >= 15 is 0 Å². The second-order valence-electron chi connectivity index (χ2n) is 6.17. The molecule has 0 saturated carbocycles. The maximum atomic E-state index is 13.4. The van der Waals surface area contributed by atoms with Crippen LogP contribution in [0.5, 0.6) is 5.75 Å². The van der Waals surface area contributed by atoms with E-state index in [1.165, 1.54) is 18.6 Å². The van der Waals surface area contributed by atoms with Gasteiger partial charge in [-0.15, -0.1) is 0 Å². The van der Waals surface area contributed by atoms with Gasteiger partial charge >= 0.3 is 0 Å². The molecule has 0 spiro atoms. The van der Waals surface area contributed by atoms with E-state index in [-0.39, 0.29) is 5.82 Å². The lowest BCUT2D eigenvalue weighted by Gasteiger charge is -2.44. The molecular weight excluding hydrogens is 267 g/mol. The van der Waals surface area contributed by atoms with Crippen LogP contribution in [0.4, 0.5) is 10.1 Å². The summed E-state index contributed by atoms with van der Waals surface area (Å²) in [6.45, 7) is 8.57. The largest absolute Gasteiger partial charge is 0.494 e. The first-order chi connectivity index (χ1) is 10.1. The number of methoxy groups -OCH3 is 1. The number of hydrogen-bond acceptors (Lipinski definition) is 3. The van der Waals surface area contributed by atoms with Crippen LogP contribution in [0.2, 0.25) is 0 Å². The predicted molar refractivity (Wildman–Crippen MR) is 85.6 cm³/mol. The third-order valence-corrected chi connectivity index (χ3v) is 4.29. The summed E-state index contributed by atoms with van der Waals surface area (Å²) in [7, 11) is 1.61. The number of benzene rings is 1. The van der Waals surface area contributed by atoms with Gasteiger partial charge in [-0.3, -0.25) is 0 Å². The fraction of sp³-hybridized carbons (Fsp3) is 0.647. The number of nitrogens with one attached hydrogen (secondary N) is 1. The Bertz CT molecular complexity index is 464. The molecule has 1 aliphatic rings. The number of hydrogen-bond donors (Lipinski definition) is 1. The molecular formula is C17H27FN2O. The monoisotopic (exact) mass is 294 g/mol. The molecule has 1 N–H and O–H groups in total. The molecule has 1 heterocycles. The molecule has 4 heteroatoms. The van der Waals surface area contributed by atoms with E-state index in [0.29, 0.717) is 23.8 Å². The Balaban J connectivity index is 2.30. The van der Waals surface area contributed by atoms with Gasteiger partial charge in [0, 0.05) is 31.2 Å². The van der Waals surface area contributed by atoms with Crippen LogP contribution >= 0.6 is 0 Å². The number of halogens is 1. The van der Waals surface area contributed by atoms with Crippen molar-refractivity contribution < 1.29 is 9.13 Å². The van der Waals surface area contributed by atoms with Gasteiger partial charge in [0.05, 0.1) is 12.8 Å². The Morgan fingerprint density at radius 1 is 1.43 bits per heavy atom. The molecule has 1 aromatic carbocycles. The topological polar surface area (TPSA) is 24.5 Å². The average molecular weight is 294 g/mol. The molecule has 118 valence electrons. The highest BCUT2D eigenvalue weighted by atomic mass is 19.1. The second kappa shape index (κ2) is 7.12. The van der Waals surface area contributed by atoms with Crippen molar-refractivity contribution >= 4 is 5.69 Å². The number of anilines is 1. The van der Waals surface area contributed by atoms with Gasteiger partial charge in [0.2, 0.25) is 0 Å². The first-order valence-corrected chi connectivity index (χ1v) is 7.90. The predicted octanol–water partition coefficient (Wildman–Crippen LogP) is 3.44. The van der Waals surface area contributed by atoms with Crippen LogP contribution in [-0.2, 0) is 0 Å². The lowest BCUT2D eigenvalue weighted by molar-refractivity contribution is 0.323. The number of ether oxygens (including phenoxy) is 1. The molecule has 0 amide bonds. The summed E-state index contributed by atoms with van der Waals surface area (Å²) < 4.78 is 18.8. The fourth-order valence-electron chi connectivity index (χ4n) is 3.14. The van der Waals surface area contributed by atoms with Crippen LogP contribution in [0.15, 0.2) is 18.2 Å². The molecule has 1 aromatic rings. The van der Waals surface area contributed by atoms with Crippen LogP contribution in [-0.4, -0.2) is 32.3 Å². The van der Waals surface area contributed by atoms with Crippen molar-refractivity contribution in [3.05, 3.63) is 24.0 Å². The van der Waals surface area contributed by atoms with Crippen molar-refractivity contribution in [3.63, 3.8) is 0 Å². The van der Waals surface area contributed by atoms with Gasteiger partial charge in [-0.25, -0.2) is 4.39 Å². The van der Waals surface area contributed by atoms with Gasteiger partial charge < -0.3 is 15.0 Å². The molecule has 21 heavy (non-hydrogen) atoms. The molecule has 0 bridgehead atoms. The van der Waals surface area contributed by atoms with Gasteiger partial charge in [0.15, 0.2) is 0 Å². The van der Waals surface area contributed by atoms with Crippen molar-refractivity contribution in [2.75, 3.05) is 25.1 Å². The third kappa shape index (κ3) is 3.67.